The number of benzene rings is 1. The Kier molecular flexibility index (Phi) is 6.55. The smallest absolute Gasteiger partial charge is 0.319 e. The van der Waals surface area contributed by atoms with Crippen molar-refractivity contribution in [2.24, 2.45) is 5.41 Å². The van der Waals surface area contributed by atoms with Crippen molar-refractivity contribution >= 4 is 11.7 Å². The van der Waals surface area contributed by atoms with Crippen LogP contribution in [0.25, 0.3) is 0 Å². The summed E-state index contributed by atoms with van der Waals surface area (Å²) in [5.41, 5.74) is -0.106. The van der Waals surface area contributed by atoms with Crippen molar-refractivity contribution in [1.29, 1.82) is 0 Å². The van der Waals surface area contributed by atoms with Gasteiger partial charge in [-0.3, -0.25) is 0 Å². The van der Waals surface area contributed by atoms with Crippen molar-refractivity contribution in [2.45, 2.75) is 33.1 Å². The highest BCUT2D eigenvalue weighted by Gasteiger charge is 2.26. The Morgan fingerprint density at radius 3 is 2.24 bits per heavy atom. The lowest BCUT2D eigenvalue weighted by atomic mass is 9.79. The molecule has 118 valence electrons. The number of aliphatic hydroxyl groups excluding tert-OH is 1. The van der Waals surface area contributed by atoms with E-state index in [-0.39, 0.29) is 17.7 Å². The number of nitrogens with one attached hydrogen (secondary N) is 2. The van der Waals surface area contributed by atoms with Crippen LogP contribution in [0.15, 0.2) is 18.2 Å². The molecule has 6 heteroatoms. The zero-order valence-corrected chi connectivity index (χ0v) is 12.4. The molecule has 4 nitrogen and oxygen atoms in total. The minimum absolute atomic E-state index is 0.0556. The van der Waals surface area contributed by atoms with Crippen LogP contribution >= 0.6 is 0 Å². The van der Waals surface area contributed by atoms with Crippen LogP contribution in [0, 0.1) is 17.0 Å². The third kappa shape index (κ3) is 5.30. The second kappa shape index (κ2) is 7.93. The number of anilines is 1. The molecule has 1 aromatic rings. The van der Waals surface area contributed by atoms with Crippen LogP contribution in [0.5, 0.6) is 0 Å². The highest BCUT2D eigenvalue weighted by Crippen LogP contribution is 2.29. The van der Waals surface area contributed by atoms with Gasteiger partial charge in [0, 0.05) is 24.9 Å². The van der Waals surface area contributed by atoms with Gasteiger partial charge in [0.25, 0.3) is 0 Å². The van der Waals surface area contributed by atoms with E-state index in [0.717, 1.165) is 31.0 Å². The predicted molar refractivity (Wildman–Crippen MR) is 78.1 cm³/mol. The van der Waals surface area contributed by atoms with E-state index in [4.69, 9.17) is 5.11 Å². The summed E-state index contributed by atoms with van der Waals surface area (Å²) < 4.78 is 26.0. The molecule has 21 heavy (non-hydrogen) atoms. The van der Waals surface area contributed by atoms with Gasteiger partial charge in [-0.2, -0.15) is 0 Å². The fraction of sp³-hybridized carbons (Fsp3) is 0.533. The summed E-state index contributed by atoms with van der Waals surface area (Å²) in [6.45, 7) is 4.45. The molecule has 1 rings (SSSR count). The Bertz CT molecular complexity index is 456. The first-order valence-corrected chi connectivity index (χ1v) is 7.06. The van der Waals surface area contributed by atoms with Gasteiger partial charge >= 0.3 is 6.03 Å². The fourth-order valence-electron chi connectivity index (χ4n) is 2.25. The number of aliphatic hydroxyl groups is 1. The van der Waals surface area contributed by atoms with Gasteiger partial charge in [-0.1, -0.05) is 13.8 Å². The molecule has 1 aromatic carbocycles. The first-order chi connectivity index (χ1) is 9.94. The fourth-order valence-corrected chi connectivity index (χ4v) is 2.25. The number of carbonyl (C=O) groups is 1. The topological polar surface area (TPSA) is 61.4 Å². The van der Waals surface area contributed by atoms with Crippen molar-refractivity contribution in [1.82, 2.24) is 5.32 Å². The summed E-state index contributed by atoms with van der Waals surface area (Å²) in [6.07, 6.45) is 2.23. The van der Waals surface area contributed by atoms with Gasteiger partial charge in [0.1, 0.15) is 11.6 Å². The maximum atomic E-state index is 13.0. The minimum atomic E-state index is -0.748. The number of urea groups is 1. The third-order valence-electron chi connectivity index (χ3n) is 3.89. The first-order valence-electron chi connectivity index (χ1n) is 7.06. The molecular formula is C15H22F2N2O2. The van der Waals surface area contributed by atoms with Crippen molar-refractivity contribution in [3.05, 3.63) is 29.8 Å². The van der Waals surface area contributed by atoms with Crippen LogP contribution in [-0.4, -0.2) is 24.3 Å². The normalized spacial score (nSPS) is 11.3. The van der Waals surface area contributed by atoms with Crippen molar-refractivity contribution in [2.75, 3.05) is 18.5 Å². The van der Waals surface area contributed by atoms with Crippen LogP contribution in [-0.2, 0) is 0 Å². The minimum Gasteiger partial charge on any atom is -0.396 e. The Balaban J connectivity index is 2.60. The van der Waals surface area contributed by atoms with E-state index in [0.29, 0.717) is 13.0 Å². The molecule has 0 fully saturated rings. The highest BCUT2D eigenvalue weighted by molar-refractivity contribution is 5.89. The number of rotatable bonds is 7. The second-order valence-electron chi connectivity index (χ2n) is 5.15. The summed E-state index contributed by atoms with van der Waals surface area (Å²) in [5.74, 6) is -1.50. The first kappa shape index (κ1) is 17.4. The number of halogens is 2. The quantitative estimate of drug-likeness (QED) is 0.723. The molecule has 3 N–H and O–H groups in total. The van der Waals surface area contributed by atoms with Crippen molar-refractivity contribution in [3.8, 4) is 0 Å². The van der Waals surface area contributed by atoms with Gasteiger partial charge in [-0.05, 0) is 36.8 Å². The Labute approximate surface area is 123 Å². The zero-order chi connectivity index (χ0) is 15.9. The van der Waals surface area contributed by atoms with Crippen LogP contribution in [0.1, 0.15) is 33.1 Å². The Morgan fingerprint density at radius 1 is 1.19 bits per heavy atom. The molecular weight excluding hydrogens is 278 g/mol. The molecule has 0 bridgehead atoms. The molecule has 2 amide bonds. The third-order valence-corrected chi connectivity index (χ3v) is 3.89. The molecule has 0 unspecified atom stereocenters. The van der Waals surface area contributed by atoms with Crippen LogP contribution in [0.3, 0.4) is 0 Å². The maximum absolute atomic E-state index is 13.0. The van der Waals surface area contributed by atoms with Gasteiger partial charge in [0.15, 0.2) is 0 Å². The number of hydrogen-bond acceptors (Lipinski definition) is 2. The van der Waals surface area contributed by atoms with Crippen molar-refractivity contribution in [3.63, 3.8) is 0 Å². The largest absolute Gasteiger partial charge is 0.396 e. The molecule has 0 radical (unpaired) electrons. The van der Waals surface area contributed by atoms with Crippen LogP contribution < -0.4 is 10.6 Å². The van der Waals surface area contributed by atoms with E-state index in [2.05, 4.69) is 10.6 Å². The average Bonchev–Trinajstić information content (AvgIpc) is 2.42. The molecule has 0 aliphatic carbocycles. The number of carbonyl (C=O) groups excluding carboxylic acids is 1. The van der Waals surface area contributed by atoms with Gasteiger partial charge in [-0.25, -0.2) is 13.6 Å². The standard InChI is InChI=1S/C15H22F2N2O2/c1-3-15(4-2,5-6-20)10-18-14(21)19-13-8-11(16)7-12(17)9-13/h7-9,20H,3-6,10H2,1-2H3,(H2,18,19,21). The number of amides is 2. The summed E-state index contributed by atoms with van der Waals surface area (Å²) >= 11 is 0. The van der Waals surface area contributed by atoms with Gasteiger partial charge < -0.3 is 15.7 Å². The van der Waals surface area contributed by atoms with Gasteiger partial charge in [-0.15, -0.1) is 0 Å². The van der Waals surface area contributed by atoms with E-state index in [1.165, 1.54) is 0 Å². The van der Waals surface area contributed by atoms with Gasteiger partial charge in [0.05, 0.1) is 0 Å². The van der Waals surface area contributed by atoms with E-state index in [9.17, 15) is 13.6 Å². The summed E-state index contributed by atoms with van der Waals surface area (Å²) in [4.78, 5) is 11.8. The van der Waals surface area contributed by atoms with Gasteiger partial charge in [0.2, 0.25) is 0 Å². The summed E-state index contributed by atoms with van der Waals surface area (Å²) in [6, 6.07) is 2.31. The molecule has 0 heterocycles. The Hall–Kier alpha value is -1.69. The van der Waals surface area contributed by atoms with E-state index in [1.807, 2.05) is 13.8 Å². The van der Waals surface area contributed by atoms with Crippen molar-refractivity contribution < 1.29 is 18.7 Å². The predicted octanol–water partition coefficient (Wildman–Crippen LogP) is 3.28. The molecule has 0 aromatic heterocycles. The maximum Gasteiger partial charge on any atom is 0.319 e. The van der Waals surface area contributed by atoms with E-state index < -0.39 is 17.7 Å². The highest BCUT2D eigenvalue weighted by atomic mass is 19.1. The summed E-state index contributed by atoms with van der Waals surface area (Å²) in [5, 5.41) is 14.2. The lowest BCUT2D eigenvalue weighted by Gasteiger charge is -2.31. The van der Waals surface area contributed by atoms with E-state index >= 15 is 0 Å². The van der Waals surface area contributed by atoms with E-state index in [1.54, 1.807) is 0 Å². The monoisotopic (exact) mass is 300 g/mol. The number of hydrogen-bond donors (Lipinski definition) is 3. The molecule has 0 atom stereocenters. The molecule has 0 saturated heterocycles. The molecule has 0 saturated carbocycles. The average molecular weight is 300 g/mol. The molecule has 0 aliphatic rings. The second-order valence-corrected chi connectivity index (χ2v) is 5.15. The lowest BCUT2D eigenvalue weighted by molar-refractivity contribution is 0.165. The van der Waals surface area contributed by atoms with Crippen LogP contribution in [0.4, 0.5) is 19.3 Å². The summed E-state index contributed by atoms with van der Waals surface area (Å²) in [7, 11) is 0. The lowest BCUT2D eigenvalue weighted by Crippen LogP contribution is -2.39. The molecule has 0 aliphatic heterocycles. The van der Waals surface area contributed by atoms with Crippen LogP contribution in [0.2, 0.25) is 0 Å². The molecule has 0 spiro atoms. The zero-order valence-electron chi connectivity index (χ0n) is 12.4. The SMILES string of the molecule is CCC(CC)(CCO)CNC(=O)Nc1cc(F)cc(F)c1. The Morgan fingerprint density at radius 2 is 1.76 bits per heavy atom.